The van der Waals surface area contributed by atoms with Crippen molar-refractivity contribution in [1.82, 2.24) is 15.0 Å². The second-order valence-corrected chi connectivity index (χ2v) is 10.2. The van der Waals surface area contributed by atoms with E-state index in [-0.39, 0.29) is 6.79 Å². The van der Waals surface area contributed by atoms with E-state index in [1.54, 1.807) is 0 Å². The number of aryl methyl sites for hydroxylation is 1. The van der Waals surface area contributed by atoms with E-state index in [0.29, 0.717) is 11.6 Å². The average molecular weight is 531 g/mol. The van der Waals surface area contributed by atoms with Crippen LogP contribution in [0, 0.1) is 6.92 Å². The minimum Gasteiger partial charge on any atom is -0.454 e. The van der Waals surface area contributed by atoms with Crippen molar-refractivity contribution in [3.05, 3.63) is 71.0 Å². The number of halogens is 1. The molecule has 0 atom stereocenters. The molecule has 0 unspecified atom stereocenters. The summed E-state index contributed by atoms with van der Waals surface area (Å²) in [5.41, 5.74) is 4.08. The second kappa shape index (κ2) is 10.9. The van der Waals surface area contributed by atoms with Crippen LogP contribution in [-0.4, -0.2) is 47.9 Å². The number of rotatable bonds is 9. The Labute approximate surface area is 227 Å². The SMILES string of the molecule is Cc1cc(N(CCCNc2ccnc3cc(Cl)ccc23)Cc2ccc3c(c2)OCO3)nc(N2CCCC2)n1. The molecule has 2 aliphatic heterocycles. The van der Waals surface area contributed by atoms with Crippen LogP contribution in [0.3, 0.4) is 0 Å². The first-order valence-corrected chi connectivity index (χ1v) is 13.5. The van der Waals surface area contributed by atoms with Crippen LogP contribution in [0.4, 0.5) is 17.5 Å². The molecule has 0 spiro atoms. The number of fused-ring (bicyclic) bond motifs is 2. The molecule has 2 aliphatic rings. The minimum atomic E-state index is 0.272. The fourth-order valence-electron chi connectivity index (χ4n) is 5.06. The maximum atomic E-state index is 6.16. The summed E-state index contributed by atoms with van der Waals surface area (Å²) < 4.78 is 11.1. The molecule has 2 aromatic heterocycles. The van der Waals surface area contributed by atoms with E-state index in [0.717, 1.165) is 83.7 Å². The molecule has 8 nitrogen and oxygen atoms in total. The van der Waals surface area contributed by atoms with Gasteiger partial charge in [-0.1, -0.05) is 17.7 Å². The molecule has 0 radical (unpaired) electrons. The summed E-state index contributed by atoms with van der Waals surface area (Å²) in [5.74, 6) is 3.37. The standard InChI is InChI=1S/C29H31ClN6O2/c1-20-15-28(34-29(33-20)35-12-2-3-13-35)36(18-21-5-8-26-27(16-21)38-19-37-26)14-4-10-31-24-9-11-32-25-17-22(30)6-7-23(24)25/h5-9,11,15-17H,2-4,10,12-14,18-19H2,1H3,(H,31,32). The Bertz CT molecular complexity index is 1440. The van der Waals surface area contributed by atoms with Gasteiger partial charge in [0.15, 0.2) is 11.5 Å². The first-order chi connectivity index (χ1) is 18.6. The zero-order valence-corrected chi connectivity index (χ0v) is 22.2. The van der Waals surface area contributed by atoms with Crippen LogP contribution in [0.5, 0.6) is 11.5 Å². The third-order valence-corrected chi connectivity index (χ3v) is 7.21. The number of anilines is 3. The van der Waals surface area contributed by atoms with Gasteiger partial charge in [0.1, 0.15) is 5.82 Å². The van der Waals surface area contributed by atoms with Gasteiger partial charge in [-0.05, 0) is 68.1 Å². The zero-order chi connectivity index (χ0) is 25.9. The van der Waals surface area contributed by atoms with Crippen LogP contribution in [-0.2, 0) is 6.54 Å². The van der Waals surface area contributed by atoms with E-state index in [4.69, 9.17) is 31.0 Å². The van der Waals surface area contributed by atoms with Gasteiger partial charge >= 0.3 is 0 Å². The number of nitrogens with one attached hydrogen (secondary N) is 1. The van der Waals surface area contributed by atoms with Crippen LogP contribution in [0.15, 0.2) is 54.7 Å². The van der Waals surface area contributed by atoms with Crippen molar-refractivity contribution in [2.24, 2.45) is 0 Å². The molecule has 0 amide bonds. The van der Waals surface area contributed by atoms with Gasteiger partial charge in [-0.25, -0.2) is 4.98 Å². The number of pyridine rings is 1. The molecule has 0 saturated carbocycles. The van der Waals surface area contributed by atoms with E-state index in [9.17, 15) is 0 Å². The Kier molecular flexibility index (Phi) is 7.05. The molecule has 1 N–H and O–H groups in total. The summed E-state index contributed by atoms with van der Waals surface area (Å²) in [6, 6.07) is 16.1. The molecule has 2 aromatic carbocycles. The average Bonchev–Trinajstić information content (AvgIpc) is 3.62. The highest BCUT2D eigenvalue weighted by Gasteiger charge is 2.19. The normalized spacial score (nSPS) is 14.3. The third kappa shape index (κ3) is 5.41. The lowest BCUT2D eigenvalue weighted by molar-refractivity contribution is 0.174. The zero-order valence-electron chi connectivity index (χ0n) is 21.5. The third-order valence-electron chi connectivity index (χ3n) is 6.98. The molecule has 38 heavy (non-hydrogen) atoms. The molecule has 9 heteroatoms. The topological polar surface area (TPSA) is 75.6 Å². The smallest absolute Gasteiger partial charge is 0.231 e. The number of hydrogen-bond donors (Lipinski definition) is 1. The highest BCUT2D eigenvalue weighted by atomic mass is 35.5. The summed E-state index contributed by atoms with van der Waals surface area (Å²) in [6.07, 6.45) is 5.12. The van der Waals surface area contributed by atoms with Crippen LogP contribution in [0.1, 0.15) is 30.5 Å². The summed E-state index contributed by atoms with van der Waals surface area (Å²) in [4.78, 5) is 18.8. The Hall–Kier alpha value is -3.78. The minimum absolute atomic E-state index is 0.272. The van der Waals surface area contributed by atoms with Gasteiger partial charge in [-0.15, -0.1) is 0 Å². The summed E-state index contributed by atoms with van der Waals surface area (Å²) >= 11 is 6.16. The number of benzene rings is 2. The van der Waals surface area contributed by atoms with Crippen LogP contribution < -0.4 is 24.6 Å². The lowest BCUT2D eigenvalue weighted by Crippen LogP contribution is -2.28. The Balaban J connectivity index is 1.20. The molecule has 1 saturated heterocycles. The Morgan fingerprint density at radius 2 is 1.87 bits per heavy atom. The highest BCUT2D eigenvalue weighted by Crippen LogP contribution is 2.33. The first kappa shape index (κ1) is 24.6. The van der Waals surface area contributed by atoms with Crippen molar-refractivity contribution in [3.63, 3.8) is 0 Å². The number of ether oxygens (including phenoxy) is 2. The predicted molar refractivity (Wildman–Crippen MR) is 152 cm³/mol. The fourth-order valence-corrected chi connectivity index (χ4v) is 5.23. The molecule has 1 fully saturated rings. The quantitative estimate of drug-likeness (QED) is 0.271. The first-order valence-electron chi connectivity index (χ1n) is 13.1. The van der Waals surface area contributed by atoms with Crippen LogP contribution >= 0.6 is 11.6 Å². The highest BCUT2D eigenvalue weighted by molar-refractivity contribution is 6.31. The van der Waals surface area contributed by atoms with Crippen molar-refractivity contribution in [3.8, 4) is 11.5 Å². The largest absolute Gasteiger partial charge is 0.454 e. The van der Waals surface area contributed by atoms with Crippen molar-refractivity contribution in [2.75, 3.05) is 48.1 Å². The van der Waals surface area contributed by atoms with Crippen molar-refractivity contribution in [2.45, 2.75) is 32.7 Å². The molecular formula is C29H31ClN6O2. The fraction of sp³-hybridized carbons (Fsp3) is 0.345. The number of hydrogen-bond acceptors (Lipinski definition) is 8. The van der Waals surface area contributed by atoms with Crippen molar-refractivity contribution < 1.29 is 9.47 Å². The summed E-state index contributed by atoms with van der Waals surface area (Å²) in [6.45, 7) is 6.69. The monoisotopic (exact) mass is 530 g/mol. The summed E-state index contributed by atoms with van der Waals surface area (Å²) in [5, 5.41) is 5.35. The molecule has 196 valence electrons. The van der Waals surface area contributed by atoms with E-state index in [2.05, 4.69) is 38.3 Å². The van der Waals surface area contributed by atoms with Gasteiger partial charge in [0.25, 0.3) is 0 Å². The van der Waals surface area contributed by atoms with Gasteiger partial charge in [0.05, 0.1) is 5.52 Å². The predicted octanol–water partition coefficient (Wildman–Crippen LogP) is 5.82. The number of nitrogens with zero attached hydrogens (tertiary/aromatic N) is 5. The van der Waals surface area contributed by atoms with E-state index in [1.165, 1.54) is 12.8 Å². The molecule has 0 bridgehead atoms. The van der Waals surface area contributed by atoms with Crippen LogP contribution in [0.25, 0.3) is 10.9 Å². The maximum Gasteiger partial charge on any atom is 0.231 e. The van der Waals surface area contributed by atoms with Gasteiger partial charge in [-0.3, -0.25) is 4.98 Å². The van der Waals surface area contributed by atoms with E-state index in [1.807, 2.05) is 43.5 Å². The number of aromatic nitrogens is 3. The van der Waals surface area contributed by atoms with E-state index < -0.39 is 0 Å². The van der Waals surface area contributed by atoms with Gasteiger partial charge in [-0.2, -0.15) is 4.98 Å². The van der Waals surface area contributed by atoms with Crippen molar-refractivity contribution in [1.29, 1.82) is 0 Å². The van der Waals surface area contributed by atoms with Crippen molar-refractivity contribution >= 4 is 40.0 Å². The van der Waals surface area contributed by atoms with Crippen LogP contribution in [0.2, 0.25) is 5.02 Å². The second-order valence-electron chi connectivity index (χ2n) is 9.77. The lowest BCUT2D eigenvalue weighted by Gasteiger charge is -2.26. The molecule has 4 heterocycles. The van der Waals surface area contributed by atoms with Gasteiger partial charge < -0.3 is 24.6 Å². The van der Waals surface area contributed by atoms with E-state index >= 15 is 0 Å². The Morgan fingerprint density at radius 3 is 2.76 bits per heavy atom. The maximum absolute atomic E-state index is 6.16. The Morgan fingerprint density at radius 1 is 1.00 bits per heavy atom. The molecule has 0 aliphatic carbocycles. The lowest BCUT2D eigenvalue weighted by atomic mass is 10.1. The summed E-state index contributed by atoms with van der Waals surface area (Å²) in [7, 11) is 0. The molecule has 6 rings (SSSR count). The molecular weight excluding hydrogens is 500 g/mol. The van der Waals surface area contributed by atoms with Gasteiger partial charge in [0.2, 0.25) is 12.7 Å². The molecule has 4 aromatic rings. The van der Waals surface area contributed by atoms with Gasteiger partial charge in [0, 0.05) is 66.8 Å².